The Balaban J connectivity index is 3.10. The van der Waals surface area contributed by atoms with E-state index in [1.165, 1.54) is 19.2 Å². The zero-order valence-electron chi connectivity index (χ0n) is 9.58. The van der Waals surface area contributed by atoms with Gasteiger partial charge >= 0.3 is 5.97 Å². The maximum atomic E-state index is 13.3. The second-order valence-electron chi connectivity index (χ2n) is 3.80. The Morgan fingerprint density at radius 1 is 1.56 bits per heavy atom. The molecule has 0 aliphatic heterocycles. The summed E-state index contributed by atoms with van der Waals surface area (Å²) < 4.78 is 18.4. The van der Waals surface area contributed by atoms with Crippen molar-refractivity contribution in [1.82, 2.24) is 0 Å². The van der Waals surface area contributed by atoms with E-state index in [1.54, 1.807) is 13.8 Å². The first kappa shape index (κ1) is 12.5. The van der Waals surface area contributed by atoms with E-state index in [-0.39, 0.29) is 12.2 Å². The fourth-order valence-electron chi connectivity index (χ4n) is 1.54. The molecule has 88 valence electrons. The summed E-state index contributed by atoms with van der Waals surface area (Å²) in [7, 11) is 1.49. The summed E-state index contributed by atoms with van der Waals surface area (Å²) in [4.78, 5) is 10.8. The zero-order valence-corrected chi connectivity index (χ0v) is 9.58. The maximum absolute atomic E-state index is 13.3. The van der Waals surface area contributed by atoms with Crippen LogP contribution in [-0.4, -0.2) is 18.2 Å². The molecule has 0 spiro atoms. The average Bonchev–Trinajstić information content (AvgIpc) is 2.25. The van der Waals surface area contributed by atoms with E-state index in [9.17, 15) is 9.18 Å². The first-order chi connectivity index (χ1) is 7.47. The second-order valence-corrected chi connectivity index (χ2v) is 3.80. The van der Waals surface area contributed by atoms with Crippen LogP contribution in [-0.2, 0) is 11.2 Å². The van der Waals surface area contributed by atoms with Gasteiger partial charge in [-0.15, -0.1) is 0 Å². The first-order valence-electron chi connectivity index (χ1n) is 5.02. The molecular weight excluding hydrogens is 211 g/mol. The van der Waals surface area contributed by atoms with E-state index in [1.807, 2.05) is 0 Å². The van der Waals surface area contributed by atoms with Crippen molar-refractivity contribution in [3.8, 4) is 5.75 Å². The summed E-state index contributed by atoms with van der Waals surface area (Å²) in [5.41, 5.74) is 1.07. The molecule has 0 heterocycles. The monoisotopic (exact) mass is 226 g/mol. The van der Waals surface area contributed by atoms with E-state index < -0.39 is 11.9 Å². The van der Waals surface area contributed by atoms with Gasteiger partial charge < -0.3 is 9.84 Å². The van der Waals surface area contributed by atoms with Crippen molar-refractivity contribution in [2.75, 3.05) is 7.11 Å². The second kappa shape index (κ2) is 4.96. The van der Waals surface area contributed by atoms with E-state index >= 15 is 0 Å². The van der Waals surface area contributed by atoms with Crippen molar-refractivity contribution in [1.29, 1.82) is 0 Å². The van der Waals surface area contributed by atoms with Gasteiger partial charge in [0.1, 0.15) is 11.6 Å². The van der Waals surface area contributed by atoms with Crippen LogP contribution in [0.1, 0.15) is 18.1 Å². The van der Waals surface area contributed by atoms with Crippen molar-refractivity contribution < 1.29 is 19.0 Å². The molecule has 4 heteroatoms. The van der Waals surface area contributed by atoms with Crippen LogP contribution in [0.25, 0.3) is 0 Å². The van der Waals surface area contributed by atoms with Gasteiger partial charge in [0.05, 0.1) is 13.0 Å². The van der Waals surface area contributed by atoms with E-state index in [2.05, 4.69) is 0 Å². The average molecular weight is 226 g/mol. The van der Waals surface area contributed by atoms with Crippen LogP contribution in [0.15, 0.2) is 12.1 Å². The standard InChI is InChI=1S/C12H15FO3/c1-7(12(14)15)6-9-8(2)10(13)4-5-11(9)16-3/h4-5,7H,6H2,1-3H3,(H,14,15). The lowest BCUT2D eigenvalue weighted by Crippen LogP contribution is -2.14. The predicted octanol–water partition coefficient (Wildman–Crippen LogP) is 2.41. The van der Waals surface area contributed by atoms with Gasteiger partial charge in [-0.1, -0.05) is 6.92 Å². The molecule has 0 amide bonds. The smallest absolute Gasteiger partial charge is 0.306 e. The molecule has 0 bridgehead atoms. The molecule has 1 aromatic carbocycles. The number of hydrogen-bond acceptors (Lipinski definition) is 2. The van der Waals surface area contributed by atoms with Crippen LogP contribution >= 0.6 is 0 Å². The molecule has 0 aromatic heterocycles. The van der Waals surface area contributed by atoms with Crippen LogP contribution in [0.4, 0.5) is 4.39 Å². The molecule has 1 rings (SSSR count). The SMILES string of the molecule is COc1ccc(F)c(C)c1CC(C)C(=O)O. The van der Waals surface area contributed by atoms with Gasteiger partial charge in [-0.25, -0.2) is 4.39 Å². The van der Waals surface area contributed by atoms with Crippen molar-refractivity contribution in [3.63, 3.8) is 0 Å². The van der Waals surface area contributed by atoms with Gasteiger partial charge in [-0.05, 0) is 31.0 Å². The number of carbonyl (C=O) groups is 1. The Kier molecular flexibility index (Phi) is 3.88. The largest absolute Gasteiger partial charge is 0.496 e. The number of halogens is 1. The highest BCUT2D eigenvalue weighted by Crippen LogP contribution is 2.26. The van der Waals surface area contributed by atoms with Crippen LogP contribution in [0.5, 0.6) is 5.75 Å². The molecule has 1 aromatic rings. The van der Waals surface area contributed by atoms with Crippen molar-refractivity contribution in [2.45, 2.75) is 20.3 Å². The van der Waals surface area contributed by atoms with Gasteiger partial charge in [0, 0.05) is 5.56 Å². The molecule has 0 saturated carbocycles. The van der Waals surface area contributed by atoms with E-state index in [4.69, 9.17) is 9.84 Å². The molecule has 0 radical (unpaired) electrons. The topological polar surface area (TPSA) is 46.5 Å². The van der Waals surface area contributed by atoms with Gasteiger partial charge in [-0.2, -0.15) is 0 Å². The van der Waals surface area contributed by atoms with E-state index in [0.717, 1.165) is 0 Å². The minimum atomic E-state index is -0.897. The third-order valence-corrected chi connectivity index (χ3v) is 2.64. The minimum Gasteiger partial charge on any atom is -0.496 e. The lowest BCUT2D eigenvalue weighted by Gasteiger charge is -2.14. The fraction of sp³-hybridized carbons (Fsp3) is 0.417. The number of methoxy groups -OCH3 is 1. The molecule has 0 aliphatic rings. The van der Waals surface area contributed by atoms with Crippen LogP contribution in [0.3, 0.4) is 0 Å². The molecule has 0 fully saturated rings. The summed E-state index contributed by atoms with van der Waals surface area (Å²) in [6.45, 7) is 3.22. The zero-order chi connectivity index (χ0) is 12.3. The summed E-state index contributed by atoms with van der Waals surface area (Å²) >= 11 is 0. The number of carboxylic acid groups (broad SMARTS) is 1. The fourth-order valence-corrected chi connectivity index (χ4v) is 1.54. The molecule has 3 nitrogen and oxygen atoms in total. The van der Waals surface area contributed by atoms with Crippen LogP contribution in [0.2, 0.25) is 0 Å². The summed E-state index contributed by atoms with van der Waals surface area (Å²) in [5.74, 6) is -1.26. The quantitative estimate of drug-likeness (QED) is 0.857. The number of rotatable bonds is 4. The molecular formula is C12H15FO3. The van der Waals surface area contributed by atoms with Crippen molar-refractivity contribution in [2.24, 2.45) is 5.92 Å². The van der Waals surface area contributed by atoms with Gasteiger partial charge in [-0.3, -0.25) is 4.79 Å². The predicted molar refractivity (Wildman–Crippen MR) is 58.2 cm³/mol. The first-order valence-corrected chi connectivity index (χ1v) is 5.02. The highest BCUT2D eigenvalue weighted by molar-refractivity contribution is 5.70. The number of hydrogen-bond donors (Lipinski definition) is 1. The lowest BCUT2D eigenvalue weighted by atomic mass is 9.96. The highest BCUT2D eigenvalue weighted by Gasteiger charge is 2.17. The number of carboxylic acids is 1. The summed E-state index contributed by atoms with van der Waals surface area (Å²) in [5, 5.41) is 8.83. The Hall–Kier alpha value is -1.58. The number of ether oxygens (including phenoxy) is 1. The summed E-state index contributed by atoms with van der Waals surface area (Å²) in [6.07, 6.45) is 0.266. The van der Waals surface area contributed by atoms with Crippen molar-refractivity contribution >= 4 is 5.97 Å². The van der Waals surface area contributed by atoms with Gasteiger partial charge in [0.15, 0.2) is 0 Å². The molecule has 16 heavy (non-hydrogen) atoms. The molecule has 1 unspecified atom stereocenters. The Morgan fingerprint density at radius 3 is 2.69 bits per heavy atom. The Labute approximate surface area is 93.9 Å². The normalized spacial score (nSPS) is 12.2. The third-order valence-electron chi connectivity index (χ3n) is 2.64. The van der Waals surface area contributed by atoms with Crippen LogP contribution < -0.4 is 4.74 Å². The van der Waals surface area contributed by atoms with Gasteiger partial charge in [0.2, 0.25) is 0 Å². The Bertz CT molecular complexity index is 401. The highest BCUT2D eigenvalue weighted by atomic mass is 19.1. The molecule has 1 N–H and O–H groups in total. The molecule has 0 aliphatic carbocycles. The molecule has 0 saturated heterocycles. The lowest BCUT2D eigenvalue weighted by molar-refractivity contribution is -0.141. The minimum absolute atomic E-state index is 0.266. The number of benzene rings is 1. The molecule has 1 atom stereocenters. The third kappa shape index (κ3) is 2.51. The Morgan fingerprint density at radius 2 is 2.19 bits per heavy atom. The van der Waals surface area contributed by atoms with Crippen molar-refractivity contribution in [3.05, 3.63) is 29.1 Å². The maximum Gasteiger partial charge on any atom is 0.306 e. The summed E-state index contributed by atoms with van der Waals surface area (Å²) in [6, 6.07) is 2.84. The van der Waals surface area contributed by atoms with Crippen LogP contribution in [0, 0.1) is 18.7 Å². The number of aliphatic carboxylic acids is 1. The van der Waals surface area contributed by atoms with E-state index in [0.29, 0.717) is 16.9 Å². The van der Waals surface area contributed by atoms with Gasteiger partial charge in [0.25, 0.3) is 0 Å².